The third-order valence-electron chi connectivity index (χ3n) is 0.0345. The molecule has 0 rings (SSSR count). The molecule has 4 heteroatoms. The SMILES string of the molecule is N#CSCl.[H-].[K+]. The second kappa shape index (κ2) is 9.23. The minimum Gasteiger partial charge on any atom is -1.00 e. The van der Waals surface area contributed by atoms with Crippen molar-refractivity contribution >= 4 is 21.7 Å². The Morgan fingerprint density at radius 3 is 2.20 bits per heavy atom. The average Bonchev–Trinajstić information content (AvgIpc) is 1.37. The van der Waals surface area contributed by atoms with Gasteiger partial charge in [0, 0.05) is 0 Å². The van der Waals surface area contributed by atoms with E-state index >= 15 is 0 Å². The average molecular weight is 134 g/mol. The Hall–Kier alpha value is 1.77. The molecule has 0 aliphatic carbocycles. The summed E-state index contributed by atoms with van der Waals surface area (Å²) >= 11 is 0. The van der Waals surface area contributed by atoms with Crippen molar-refractivity contribution in [2.75, 3.05) is 0 Å². The van der Waals surface area contributed by atoms with E-state index in [1.54, 1.807) is 5.40 Å². The van der Waals surface area contributed by atoms with Crippen LogP contribution in [-0.4, -0.2) is 0 Å². The molecule has 0 saturated carbocycles. The van der Waals surface area contributed by atoms with Crippen LogP contribution in [0.4, 0.5) is 0 Å². The number of nitrogens with zero attached hydrogens (tertiary/aromatic N) is 1. The molecule has 0 heterocycles. The summed E-state index contributed by atoms with van der Waals surface area (Å²) < 4.78 is 0. The van der Waals surface area contributed by atoms with Gasteiger partial charge in [-0.1, -0.05) is 0 Å². The molecule has 0 amide bonds. The monoisotopic (exact) mass is 133 g/mol. The van der Waals surface area contributed by atoms with E-state index in [0.29, 0.717) is 11.0 Å². The molecule has 1 nitrogen and oxygen atoms in total. The largest absolute Gasteiger partial charge is 1.00 e. The van der Waals surface area contributed by atoms with E-state index in [2.05, 4.69) is 0 Å². The molecule has 0 saturated heterocycles. The number of nitriles is 1. The molecule has 0 aliphatic rings. The van der Waals surface area contributed by atoms with Crippen molar-refractivity contribution in [2.24, 2.45) is 0 Å². The maximum absolute atomic E-state index is 7.46. The Bertz CT molecular complexity index is 45.3. The van der Waals surface area contributed by atoms with Gasteiger partial charge in [-0.3, -0.25) is 0 Å². The van der Waals surface area contributed by atoms with E-state index < -0.39 is 0 Å². The Morgan fingerprint density at radius 1 is 2.00 bits per heavy atom. The van der Waals surface area contributed by atoms with Crippen molar-refractivity contribution in [3.8, 4) is 5.40 Å². The zero-order chi connectivity index (χ0) is 3.41. The number of hydrogen-bond acceptors (Lipinski definition) is 2. The van der Waals surface area contributed by atoms with E-state index in [-0.39, 0.29) is 52.8 Å². The molecule has 24 valence electrons. The third kappa shape index (κ3) is 10.7. The van der Waals surface area contributed by atoms with Crippen molar-refractivity contribution < 1.29 is 52.8 Å². The molecule has 0 aromatic heterocycles. The molecule has 0 spiro atoms. The fourth-order valence-corrected chi connectivity index (χ4v) is 0. The quantitative estimate of drug-likeness (QED) is 0.296. The Balaban J connectivity index is -0.0000000450. The molecule has 0 radical (unpaired) electrons. The van der Waals surface area contributed by atoms with Crippen LogP contribution in [0.2, 0.25) is 0 Å². The van der Waals surface area contributed by atoms with Crippen LogP contribution in [0.15, 0.2) is 0 Å². The van der Waals surface area contributed by atoms with Crippen LogP contribution >= 0.6 is 21.7 Å². The standard InChI is InChI=1S/CClNS.K.H/c2-4-1-3;;/q;+1;-1. The summed E-state index contributed by atoms with van der Waals surface area (Å²) in [6.07, 6.45) is 0. The second-order valence-corrected chi connectivity index (χ2v) is 0.968. The zero-order valence-electron chi connectivity index (χ0n) is 3.73. The first kappa shape index (κ1) is 9.90. The van der Waals surface area contributed by atoms with Crippen LogP contribution < -0.4 is 51.4 Å². The molecule has 0 bridgehead atoms. The molecule has 0 fully saturated rings. The topological polar surface area (TPSA) is 23.8 Å². The predicted octanol–water partition coefficient (Wildman–Crippen LogP) is -1.53. The van der Waals surface area contributed by atoms with Gasteiger partial charge in [0.05, 0.1) is 11.0 Å². The van der Waals surface area contributed by atoms with Crippen LogP contribution in [0.3, 0.4) is 0 Å². The van der Waals surface area contributed by atoms with Gasteiger partial charge in [-0.2, -0.15) is 5.26 Å². The normalized spacial score (nSPS) is 4.00. The van der Waals surface area contributed by atoms with Crippen LogP contribution in [0.1, 0.15) is 1.43 Å². The molecule has 0 aromatic rings. The minimum atomic E-state index is 0. The Kier molecular flexibility index (Phi) is 18.3. The first-order chi connectivity index (χ1) is 1.91. The Morgan fingerprint density at radius 2 is 2.20 bits per heavy atom. The number of hydrogen-bond donors (Lipinski definition) is 0. The van der Waals surface area contributed by atoms with E-state index in [1.807, 2.05) is 0 Å². The van der Waals surface area contributed by atoms with Crippen LogP contribution in [0.5, 0.6) is 0 Å². The zero-order valence-corrected chi connectivity index (χ0v) is 7.43. The van der Waals surface area contributed by atoms with Gasteiger partial charge < -0.3 is 1.43 Å². The van der Waals surface area contributed by atoms with Gasteiger partial charge in [0.2, 0.25) is 0 Å². The van der Waals surface area contributed by atoms with Crippen LogP contribution in [0.25, 0.3) is 0 Å². The maximum Gasteiger partial charge on any atom is 1.00 e. The van der Waals surface area contributed by atoms with E-state index in [1.165, 1.54) is 0 Å². The molecule has 0 atom stereocenters. The molecule has 5 heavy (non-hydrogen) atoms. The summed E-state index contributed by atoms with van der Waals surface area (Å²) in [6.45, 7) is 0. The molecule has 0 aliphatic heterocycles. The van der Waals surface area contributed by atoms with Gasteiger partial charge in [-0.05, 0) is 10.7 Å². The van der Waals surface area contributed by atoms with Gasteiger partial charge in [-0.25, -0.2) is 0 Å². The van der Waals surface area contributed by atoms with Crippen molar-refractivity contribution in [3.05, 3.63) is 0 Å². The van der Waals surface area contributed by atoms with Crippen molar-refractivity contribution in [3.63, 3.8) is 0 Å². The van der Waals surface area contributed by atoms with Crippen LogP contribution in [0, 0.1) is 10.7 Å². The number of halogens is 1. The van der Waals surface area contributed by atoms with Gasteiger partial charge in [0.15, 0.2) is 0 Å². The molecular weight excluding hydrogens is 133 g/mol. The van der Waals surface area contributed by atoms with E-state index in [4.69, 9.17) is 15.9 Å². The molecule has 0 unspecified atom stereocenters. The van der Waals surface area contributed by atoms with E-state index in [9.17, 15) is 0 Å². The van der Waals surface area contributed by atoms with Gasteiger partial charge in [0.1, 0.15) is 5.40 Å². The fraction of sp³-hybridized carbons (Fsp3) is 0. The van der Waals surface area contributed by atoms with Crippen LogP contribution in [-0.2, 0) is 0 Å². The first-order valence-corrected chi connectivity index (χ1v) is 2.22. The predicted molar refractivity (Wildman–Crippen MR) is 20.2 cm³/mol. The first-order valence-electron chi connectivity index (χ1n) is 0.582. The minimum absolute atomic E-state index is 0. The summed E-state index contributed by atoms with van der Waals surface area (Å²) in [5, 5.41) is 9.07. The number of thiocyanates is 1. The molecular formula is CHClKNS. The summed E-state index contributed by atoms with van der Waals surface area (Å²) in [6, 6.07) is 0. The van der Waals surface area contributed by atoms with Gasteiger partial charge in [-0.15, -0.1) is 0 Å². The molecule has 0 N–H and O–H groups in total. The van der Waals surface area contributed by atoms with Gasteiger partial charge in [0.25, 0.3) is 0 Å². The smallest absolute Gasteiger partial charge is 1.00 e. The second-order valence-electron chi connectivity index (χ2n) is 0.168. The van der Waals surface area contributed by atoms with Gasteiger partial charge >= 0.3 is 51.4 Å². The maximum atomic E-state index is 7.46. The summed E-state index contributed by atoms with van der Waals surface area (Å²) in [5.41, 5.74) is 0. The fourth-order valence-electron chi connectivity index (χ4n) is 0. The summed E-state index contributed by atoms with van der Waals surface area (Å²) in [4.78, 5) is 0. The molecule has 0 aromatic carbocycles. The van der Waals surface area contributed by atoms with Crippen molar-refractivity contribution in [1.82, 2.24) is 0 Å². The summed E-state index contributed by atoms with van der Waals surface area (Å²) in [7, 11) is 5.38. The van der Waals surface area contributed by atoms with Crippen molar-refractivity contribution in [2.45, 2.75) is 0 Å². The summed E-state index contributed by atoms with van der Waals surface area (Å²) in [5.74, 6) is 0. The third-order valence-corrected chi connectivity index (χ3v) is 0.311. The van der Waals surface area contributed by atoms with Crippen molar-refractivity contribution in [1.29, 1.82) is 5.26 Å². The Labute approximate surface area is 83.5 Å². The number of rotatable bonds is 0. The van der Waals surface area contributed by atoms with E-state index in [0.717, 1.165) is 0 Å².